The molecule has 76 valence electrons. The van der Waals surface area contributed by atoms with Crippen LogP contribution in [0.3, 0.4) is 0 Å². The van der Waals surface area contributed by atoms with Crippen LogP contribution in [-0.2, 0) is 9.47 Å². The molecular formula is C8H23NO2Si. The molecule has 0 spiro atoms. The maximum Gasteiger partial charge on any atom is 0.134 e. The van der Waals surface area contributed by atoms with E-state index in [1.54, 1.807) is 14.2 Å². The SMILES string of the molecule is CCC[SiH2]C(OC)OC.CNC. The molecule has 0 atom stereocenters. The van der Waals surface area contributed by atoms with Crippen molar-refractivity contribution in [3.63, 3.8) is 0 Å². The molecule has 0 aliphatic heterocycles. The minimum atomic E-state index is -0.119. The number of methoxy groups -OCH3 is 2. The van der Waals surface area contributed by atoms with E-state index in [-0.39, 0.29) is 15.4 Å². The molecule has 1 N–H and O–H groups in total. The first-order valence-corrected chi connectivity index (χ1v) is 6.22. The summed E-state index contributed by atoms with van der Waals surface area (Å²) < 4.78 is 10.1. The lowest BCUT2D eigenvalue weighted by Gasteiger charge is -2.10. The summed E-state index contributed by atoms with van der Waals surface area (Å²) in [6, 6.07) is 1.31. The fourth-order valence-corrected chi connectivity index (χ4v) is 1.92. The molecule has 0 radical (unpaired) electrons. The van der Waals surface area contributed by atoms with Crippen LogP contribution in [-0.4, -0.2) is 43.7 Å². The van der Waals surface area contributed by atoms with Crippen LogP contribution in [0.5, 0.6) is 0 Å². The number of rotatable bonds is 5. The van der Waals surface area contributed by atoms with E-state index in [1.165, 1.54) is 12.5 Å². The van der Waals surface area contributed by atoms with Gasteiger partial charge in [0.1, 0.15) is 5.91 Å². The van der Waals surface area contributed by atoms with E-state index in [9.17, 15) is 0 Å². The number of hydrogen-bond acceptors (Lipinski definition) is 3. The van der Waals surface area contributed by atoms with E-state index in [0.29, 0.717) is 0 Å². The third-order valence-corrected chi connectivity index (χ3v) is 3.57. The lowest BCUT2D eigenvalue weighted by atomic mass is 10.6. The molecule has 0 fully saturated rings. The van der Waals surface area contributed by atoms with Crippen molar-refractivity contribution >= 4 is 9.52 Å². The van der Waals surface area contributed by atoms with Gasteiger partial charge >= 0.3 is 0 Å². The summed E-state index contributed by atoms with van der Waals surface area (Å²) in [5, 5.41) is 2.75. The van der Waals surface area contributed by atoms with Crippen molar-refractivity contribution in [2.24, 2.45) is 0 Å². The zero-order valence-electron chi connectivity index (χ0n) is 9.02. The van der Waals surface area contributed by atoms with Crippen LogP contribution in [0.15, 0.2) is 0 Å². The summed E-state index contributed by atoms with van der Waals surface area (Å²) in [5.74, 6) is 0.143. The van der Waals surface area contributed by atoms with E-state index in [1.807, 2.05) is 14.1 Å². The molecule has 0 saturated heterocycles. The smallest absolute Gasteiger partial charge is 0.134 e. The van der Waals surface area contributed by atoms with Gasteiger partial charge in [-0.2, -0.15) is 0 Å². The summed E-state index contributed by atoms with van der Waals surface area (Å²) in [7, 11) is 7.04. The van der Waals surface area contributed by atoms with Gasteiger partial charge in [-0.25, -0.2) is 0 Å². The predicted molar refractivity (Wildman–Crippen MR) is 56.4 cm³/mol. The van der Waals surface area contributed by atoms with Crippen LogP contribution in [0.25, 0.3) is 0 Å². The molecule has 3 nitrogen and oxygen atoms in total. The van der Waals surface area contributed by atoms with Crippen LogP contribution in [0, 0.1) is 0 Å². The largest absolute Gasteiger partial charge is 0.360 e. The topological polar surface area (TPSA) is 30.5 Å². The zero-order chi connectivity index (χ0) is 9.82. The van der Waals surface area contributed by atoms with E-state index in [0.717, 1.165) is 0 Å². The highest BCUT2D eigenvalue weighted by molar-refractivity contribution is 6.36. The number of nitrogens with one attached hydrogen (secondary N) is 1. The van der Waals surface area contributed by atoms with Crippen molar-refractivity contribution in [2.75, 3.05) is 28.3 Å². The molecule has 0 rings (SSSR count). The van der Waals surface area contributed by atoms with Gasteiger partial charge in [0.05, 0.1) is 9.52 Å². The monoisotopic (exact) mass is 193 g/mol. The molecule has 0 heterocycles. The maximum atomic E-state index is 5.04. The average Bonchev–Trinajstić information content (AvgIpc) is 2.08. The highest BCUT2D eigenvalue weighted by atomic mass is 28.2. The molecule has 0 bridgehead atoms. The maximum absolute atomic E-state index is 5.04. The average molecular weight is 193 g/mol. The minimum Gasteiger partial charge on any atom is -0.360 e. The van der Waals surface area contributed by atoms with Crippen LogP contribution in [0.2, 0.25) is 6.04 Å². The Bertz CT molecular complexity index is 70.1. The summed E-state index contributed by atoms with van der Waals surface area (Å²) in [5.41, 5.74) is 0. The Kier molecular flexibility index (Phi) is 16.6. The fraction of sp³-hybridized carbons (Fsp3) is 1.00. The Hall–Kier alpha value is 0.0969. The second-order valence-corrected chi connectivity index (χ2v) is 4.49. The van der Waals surface area contributed by atoms with Crippen molar-refractivity contribution in [3.8, 4) is 0 Å². The van der Waals surface area contributed by atoms with Gasteiger partial charge in [-0.1, -0.05) is 19.4 Å². The van der Waals surface area contributed by atoms with Gasteiger partial charge in [-0.3, -0.25) is 0 Å². The summed E-state index contributed by atoms with van der Waals surface area (Å²) >= 11 is 0. The van der Waals surface area contributed by atoms with Crippen molar-refractivity contribution in [1.29, 1.82) is 0 Å². The van der Waals surface area contributed by atoms with Gasteiger partial charge in [0.25, 0.3) is 0 Å². The predicted octanol–water partition coefficient (Wildman–Crippen LogP) is 0.395. The first-order valence-electron chi connectivity index (χ1n) is 4.40. The van der Waals surface area contributed by atoms with Gasteiger partial charge in [-0.15, -0.1) is 0 Å². The van der Waals surface area contributed by atoms with Crippen LogP contribution in [0.4, 0.5) is 0 Å². The Balaban J connectivity index is 0. The standard InChI is InChI=1S/C6H16O2Si.C2H7N/c1-4-5-9-6(7-2)8-3;1-3-2/h6H,4-5,9H2,1-3H3;3H,1-2H3. The highest BCUT2D eigenvalue weighted by Gasteiger charge is 2.02. The third-order valence-electron chi connectivity index (χ3n) is 1.32. The van der Waals surface area contributed by atoms with Crippen LogP contribution in [0.1, 0.15) is 13.3 Å². The Morgan fingerprint density at radius 1 is 1.25 bits per heavy atom. The number of ether oxygens (including phenoxy) is 2. The second-order valence-electron chi connectivity index (χ2n) is 2.54. The first-order chi connectivity index (χ1) is 5.76. The Morgan fingerprint density at radius 3 is 1.92 bits per heavy atom. The molecule has 0 saturated carbocycles. The minimum absolute atomic E-state index is 0.119. The van der Waals surface area contributed by atoms with Crippen molar-refractivity contribution in [3.05, 3.63) is 0 Å². The second kappa shape index (κ2) is 13.7. The van der Waals surface area contributed by atoms with E-state index >= 15 is 0 Å². The summed E-state index contributed by atoms with van der Waals surface area (Å²) in [6.45, 7) is 2.19. The van der Waals surface area contributed by atoms with Gasteiger partial charge in [0.2, 0.25) is 0 Å². The zero-order valence-corrected chi connectivity index (χ0v) is 10.4. The van der Waals surface area contributed by atoms with Crippen molar-refractivity contribution in [1.82, 2.24) is 5.32 Å². The molecule has 0 aliphatic carbocycles. The molecule has 0 aromatic carbocycles. The van der Waals surface area contributed by atoms with Gasteiger partial charge in [0.15, 0.2) is 0 Å². The van der Waals surface area contributed by atoms with E-state index in [2.05, 4.69) is 12.2 Å². The normalized spacial score (nSPS) is 10.5. The molecule has 4 heteroatoms. The molecule has 0 aromatic rings. The molecular weight excluding hydrogens is 170 g/mol. The lowest BCUT2D eigenvalue weighted by Crippen LogP contribution is -2.20. The molecule has 0 amide bonds. The Labute approximate surface area is 78.7 Å². The molecule has 0 unspecified atom stereocenters. The van der Waals surface area contributed by atoms with Crippen molar-refractivity contribution < 1.29 is 9.47 Å². The fourth-order valence-electron chi connectivity index (χ4n) is 0.703. The third kappa shape index (κ3) is 12.7. The van der Waals surface area contributed by atoms with Crippen LogP contribution >= 0.6 is 0 Å². The molecule has 0 aromatic heterocycles. The first kappa shape index (κ1) is 14.6. The van der Waals surface area contributed by atoms with Gasteiger partial charge in [0, 0.05) is 14.2 Å². The summed E-state index contributed by atoms with van der Waals surface area (Å²) in [4.78, 5) is 0. The molecule has 0 aliphatic rings. The molecule has 12 heavy (non-hydrogen) atoms. The van der Waals surface area contributed by atoms with Gasteiger partial charge < -0.3 is 14.8 Å². The van der Waals surface area contributed by atoms with Gasteiger partial charge in [-0.05, 0) is 14.1 Å². The van der Waals surface area contributed by atoms with E-state index < -0.39 is 0 Å². The van der Waals surface area contributed by atoms with Crippen molar-refractivity contribution in [2.45, 2.75) is 25.3 Å². The number of hydrogen-bond donors (Lipinski definition) is 1. The highest BCUT2D eigenvalue weighted by Crippen LogP contribution is 1.94. The van der Waals surface area contributed by atoms with E-state index in [4.69, 9.17) is 9.47 Å². The lowest BCUT2D eigenvalue weighted by molar-refractivity contribution is -0.0441. The summed E-state index contributed by atoms with van der Waals surface area (Å²) in [6.07, 6.45) is 1.26. The quantitative estimate of drug-likeness (QED) is 0.506. The van der Waals surface area contributed by atoms with Crippen LogP contribution < -0.4 is 5.32 Å². The Morgan fingerprint density at radius 2 is 1.67 bits per heavy atom.